The van der Waals surface area contributed by atoms with Gasteiger partial charge in [-0.15, -0.1) is 0 Å². The molecule has 2 aliphatic carbocycles. The van der Waals surface area contributed by atoms with E-state index in [1.54, 1.807) is 6.07 Å². The van der Waals surface area contributed by atoms with Crippen molar-refractivity contribution in [1.29, 1.82) is 0 Å². The third-order valence-electron chi connectivity index (χ3n) is 5.41. The number of halogens is 3. The summed E-state index contributed by atoms with van der Waals surface area (Å²) in [6.07, 6.45) is 0.725. The number of nitrogens with one attached hydrogen (secondary N) is 1. The lowest BCUT2D eigenvalue weighted by molar-refractivity contribution is 0.0177. The molecule has 3 aliphatic rings. The largest absolute Gasteiger partial charge is 0.462 e. The molecule has 0 spiro atoms. The Morgan fingerprint density at radius 3 is 2.83 bits per heavy atom. The summed E-state index contributed by atoms with van der Waals surface area (Å²) in [7, 11) is 0. The van der Waals surface area contributed by atoms with Crippen LogP contribution in [0.1, 0.15) is 31.2 Å². The summed E-state index contributed by atoms with van der Waals surface area (Å²) in [4.78, 5) is 3.89. The number of fused-ring (bicyclic) bond motifs is 1. The number of rotatable bonds is 5. The van der Waals surface area contributed by atoms with Crippen LogP contribution in [0.4, 0.5) is 18.9 Å². The third kappa shape index (κ3) is 2.41. The fourth-order valence-corrected chi connectivity index (χ4v) is 3.70. The number of ether oxygens (including phenoxy) is 1. The molecule has 3 atom stereocenters. The number of hydrogen-bond acceptors (Lipinski definition) is 4. The number of nitrogens with zero attached hydrogens (tertiary/aromatic N) is 1. The molecule has 4 rings (SSSR count). The van der Waals surface area contributed by atoms with Crippen molar-refractivity contribution in [3.63, 3.8) is 0 Å². The van der Waals surface area contributed by atoms with Gasteiger partial charge in [-0.05, 0) is 43.4 Å². The minimum absolute atomic E-state index is 0.102. The van der Waals surface area contributed by atoms with Crippen LogP contribution in [0.15, 0.2) is 23.2 Å². The number of nitrogens with two attached hydrogens (primary N) is 1. The van der Waals surface area contributed by atoms with Crippen LogP contribution in [0.2, 0.25) is 0 Å². The number of alkyl halides is 2. The molecule has 130 valence electrons. The predicted molar refractivity (Wildman–Crippen MR) is 84.5 cm³/mol. The van der Waals surface area contributed by atoms with Crippen molar-refractivity contribution in [2.75, 3.05) is 11.9 Å². The molecule has 2 fully saturated rings. The smallest absolute Gasteiger partial charge is 0.283 e. The zero-order valence-electron chi connectivity index (χ0n) is 13.1. The summed E-state index contributed by atoms with van der Waals surface area (Å²) < 4.78 is 47.6. The molecule has 2 saturated carbocycles. The molecule has 1 aromatic carbocycles. The van der Waals surface area contributed by atoms with Gasteiger partial charge < -0.3 is 15.8 Å². The van der Waals surface area contributed by atoms with E-state index >= 15 is 0 Å². The molecular weight excluding hydrogens is 319 g/mol. The first-order chi connectivity index (χ1) is 11.5. The van der Waals surface area contributed by atoms with Crippen LogP contribution in [-0.4, -0.2) is 25.1 Å². The normalized spacial score (nSPS) is 31.8. The van der Waals surface area contributed by atoms with Gasteiger partial charge in [-0.2, -0.15) is 0 Å². The number of hydrogen-bond donors (Lipinski definition) is 2. The highest BCUT2D eigenvalue weighted by atomic mass is 19.3. The van der Waals surface area contributed by atoms with Crippen LogP contribution < -0.4 is 11.1 Å². The van der Waals surface area contributed by atoms with E-state index in [1.807, 2.05) is 0 Å². The van der Waals surface area contributed by atoms with Gasteiger partial charge in [0.25, 0.3) is 12.4 Å². The predicted octanol–water partition coefficient (Wildman–Crippen LogP) is 3.23. The Balaban J connectivity index is 1.68. The number of aliphatic imine (C=N–C) groups is 1. The maximum atomic E-state index is 14.4. The van der Waals surface area contributed by atoms with Crippen molar-refractivity contribution in [2.45, 2.75) is 43.8 Å². The minimum atomic E-state index is -2.86. The standard InChI is InChI=1S/C17H20F3N3O/c18-13-5-4-10(22-8-9-2-1-3-9)6-11(13)17(15(19)20)12-7-14(12)24-16(21)23-17/h4-6,9,12,14-15,22H,1-3,7-8H2,(H2,21,23)/t12-,14+,17-/m0/s1. The summed E-state index contributed by atoms with van der Waals surface area (Å²) in [6, 6.07) is 3.97. The van der Waals surface area contributed by atoms with Gasteiger partial charge in [0.05, 0.1) is 0 Å². The maximum Gasteiger partial charge on any atom is 0.283 e. The van der Waals surface area contributed by atoms with Gasteiger partial charge in [0.15, 0.2) is 5.54 Å². The Bertz CT molecular complexity index is 677. The molecule has 0 amide bonds. The number of amidine groups is 1. The van der Waals surface area contributed by atoms with Crippen molar-refractivity contribution in [1.82, 2.24) is 0 Å². The second kappa shape index (κ2) is 5.57. The van der Waals surface area contributed by atoms with Gasteiger partial charge >= 0.3 is 0 Å². The molecule has 7 heteroatoms. The zero-order chi connectivity index (χ0) is 16.9. The molecule has 24 heavy (non-hydrogen) atoms. The summed E-state index contributed by atoms with van der Waals surface area (Å²) in [5.41, 5.74) is 4.15. The topological polar surface area (TPSA) is 59.6 Å². The lowest BCUT2D eigenvalue weighted by Gasteiger charge is -2.33. The molecule has 0 radical (unpaired) electrons. The Labute approximate surface area is 138 Å². The molecule has 1 heterocycles. The van der Waals surface area contributed by atoms with Crippen molar-refractivity contribution < 1.29 is 17.9 Å². The van der Waals surface area contributed by atoms with Crippen LogP contribution in [0.25, 0.3) is 0 Å². The zero-order valence-corrected chi connectivity index (χ0v) is 13.1. The molecule has 4 nitrogen and oxygen atoms in total. The molecule has 0 bridgehead atoms. The number of anilines is 1. The SMILES string of the molecule is NC1=N[C@](c2cc(NCC3CCC3)ccc2F)(C(F)F)[C@H]2C[C@H]2O1. The van der Waals surface area contributed by atoms with Crippen molar-refractivity contribution in [2.24, 2.45) is 22.6 Å². The van der Waals surface area contributed by atoms with E-state index in [-0.39, 0.29) is 11.6 Å². The van der Waals surface area contributed by atoms with Gasteiger partial charge in [-0.3, -0.25) is 0 Å². The fourth-order valence-electron chi connectivity index (χ4n) is 3.70. The molecule has 1 aromatic rings. The minimum Gasteiger partial charge on any atom is -0.462 e. The van der Waals surface area contributed by atoms with E-state index < -0.39 is 29.8 Å². The summed E-state index contributed by atoms with van der Waals surface area (Å²) in [5.74, 6) is -0.623. The Morgan fingerprint density at radius 1 is 1.38 bits per heavy atom. The first kappa shape index (κ1) is 15.6. The highest BCUT2D eigenvalue weighted by Gasteiger charge is 2.64. The highest BCUT2D eigenvalue weighted by Crippen LogP contribution is 2.56. The Morgan fingerprint density at radius 2 is 2.17 bits per heavy atom. The Hall–Kier alpha value is -1.92. The van der Waals surface area contributed by atoms with Crippen molar-refractivity contribution in [3.05, 3.63) is 29.6 Å². The quantitative estimate of drug-likeness (QED) is 0.866. The van der Waals surface area contributed by atoms with E-state index in [4.69, 9.17) is 10.5 Å². The summed E-state index contributed by atoms with van der Waals surface area (Å²) in [6.45, 7) is 0.771. The van der Waals surface area contributed by atoms with Gasteiger partial charge in [-0.1, -0.05) is 6.42 Å². The molecule has 0 aromatic heterocycles. The summed E-state index contributed by atoms with van der Waals surface area (Å²) >= 11 is 0. The van der Waals surface area contributed by atoms with Crippen LogP contribution in [0, 0.1) is 17.7 Å². The second-order valence-corrected chi connectivity index (χ2v) is 6.95. The van der Waals surface area contributed by atoms with Gasteiger partial charge in [-0.25, -0.2) is 18.2 Å². The third-order valence-corrected chi connectivity index (χ3v) is 5.41. The van der Waals surface area contributed by atoms with Crippen LogP contribution in [-0.2, 0) is 10.3 Å². The van der Waals surface area contributed by atoms with E-state index in [0.29, 0.717) is 18.0 Å². The first-order valence-electron chi connectivity index (χ1n) is 8.34. The molecule has 1 aliphatic heterocycles. The van der Waals surface area contributed by atoms with Gasteiger partial charge in [0, 0.05) is 23.7 Å². The van der Waals surface area contributed by atoms with E-state index in [2.05, 4.69) is 10.3 Å². The molecule has 0 unspecified atom stereocenters. The molecule has 3 N–H and O–H groups in total. The average Bonchev–Trinajstić information content (AvgIpc) is 3.25. The summed E-state index contributed by atoms with van der Waals surface area (Å²) in [5, 5.41) is 3.23. The van der Waals surface area contributed by atoms with E-state index in [1.165, 1.54) is 31.4 Å². The fraction of sp³-hybridized carbons (Fsp3) is 0.588. The lowest BCUT2D eigenvalue weighted by atomic mass is 9.84. The van der Waals surface area contributed by atoms with Crippen LogP contribution in [0.3, 0.4) is 0 Å². The van der Waals surface area contributed by atoms with Crippen LogP contribution in [0.5, 0.6) is 0 Å². The molecular formula is C17H20F3N3O. The van der Waals surface area contributed by atoms with Crippen molar-refractivity contribution >= 4 is 11.7 Å². The highest BCUT2D eigenvalue weighted by molar-refractivity contribution is 5.74. The van der Waals surface area contributed by atoms with Gasteiger partial charge in [0.1, 0.15) is 11.9 Å². The average molecular weight is 339 g/mol. The first-order valence-corrected chi connectivity index (χ1v) is 8.34. The monoisotopic (exact) mass is 339 g/mol. The van der Waals surface area contributed by atoms with E-state index in [0.717, 1.165) is 6.54 Å². The maximum absolute atomic E-state index is 14.4. The van der Waals surface area contributed by atoms with Crippen LogP contribution >= 0.6 is 0 Å². The van der Waals surface area contributed by atoms with Gasteiger partial charge in [0.2, 0.25) is 0 Å². The van der Waals surface area contributed by atoms with Crippen molar-refractivity contribution in [3.8, 4) is 0 Å². The number of benzene rings is 1. The molecule has 0 saturated heterocycles. The lowest BCUT2D eigenvalue weighted by Crippen LogP contribution is -2.43. The second-order valence-electron chi connectivity index (χ2n) is 6.95. The Kier molecular flexibility index (Phi) is 3.62. The van der Waals surface area contributed by atoms with E-state index in [9.17, 15) is 13.2 Å².